The van der Waals surface area contributed by atoms with E-state index in [0.717, 1.165) is 22.9 Å². The van der Waals surface area contributed by atoms with E-state index in [4.69, 9.17) is 4.74 Å². The maximum Gasteiger partial charge on any atom is 0.295 e. The van der Waals surface area contributed by atoms with Crippen molar-refractivity contribution in [1.82, 2.24) is 9.88 Å². The monoisotopic (exact) mass is 302 g/mol. The summed E-state index contributed by atoms with van der Waals surface area (Å²) < 4.78 is 5.25. The van der Waals surface area contributed by atoms with Gasteiger partial charge in [0.1, 0.15) is 5.75 Å². The second-order valence-corrected chi connectivity index (χ2v) is 5.28. The number of Topliss-reactive ketones (excluding diaryl/α,β-unsaturated/α-hetero) is 1. The first-order valence-corrected chi connectivity index (χ1v) is 7.52. The molecule has 1 aromatic carbocycles. The van der Waals surface area contributed by atoms with Crippen molar-refractivity contribution >= 4 is 22.6 Å². The van der Waals surface area contributed by atoms with Gasteiger partial charge in [-0.15, -0.1) is 0 Å². The predicted octanol–water partition coefficient (Wildman–Crippen LogP) is 2.93. The number of hydrogen-bond donors (Lipinski definition) is 1. The number of aromatic nitrogens is 1. The fourth-order valence-electron chi connectivity index (χ4n) is 2.62. The molecule has 0 atom stereocenters. The molecule has 0 fully saturated rings. The third kappa shape index (κ3) is 2.84. The van der Waals surface area contributed by atoms with Crippen LogP contribution in [0.2, 0.25) is 0 Å². The largest absolute Gasteiger partial charge is 0.497 e. The fourth-order valence-corrected chi connectivity index (χ4v) is 2.62. The van der Waals surface area contributed by atoms with E-state index in [9.17, 15) is 9.59 Å². The minimum Gasteiger partial charge on any atom is -0.497 e. The van der Waals surface area contributed by atoms with E-state index in [1.165, 1.54) is 0 Å². The van der Waals surface area contributed by atoms with E-state index < -0.39 is 11.7 Å². The van der Waals surface area contributed by atoms with Crippen LogP contribution in [0, 0.1) is 6.92 Å². The lowest BCUT2D eigenvalue weighted by Gasteiger charge is -2.18. The third-order valence-corrected chi connectivity index (χ3v) is 3.80. The molecule has 22 heavy (non-hydrogen) atoms. The average molecular weight is 302 g/mol. The number of likely N-dealkylation sites (N-methyl/N-ethyl adjacent to an activating group) is 1. The van der Waals surface area contributed by atoms with E-state index in [-0.39, 0.29) is 0 Å². The van der Waals surface area contributed by atoms with Gasteiger partial charge in [-0.1, -0.05) is 6.92 Å². The van der Waals surface area contributed by atoms with Crippen molar-refractivity contribution in [2.75, 3.05) is 20.2 Å². The van der Waals surface area contributed by atoms with Crippen LogP contribution < -0.4 is 4.74 Å². The zero-order valence-corrected chi connectivity index (χ0v) is 13.5. The van der Waals surface area contributed by atoms with Crippen molar-refractivity contribution in [2.24, 2.45) is 0 Å². The van der Waals surface area contributed by atoms with E-state index in [1.54, 1.807) is 24.3 Å². The Morgan fingerprint density at radius 2 is 2.00 bits per heavy atom. The molecule has 5 heteroatoms. The molecule has 0 bridgehead atoms. The second-order valence-electron chi connectivity index (χ2n) is 5.28. The lowest BCUT2D eigenvalue weighted by Crippen LogP contribution is -2.36. The van der Waals surface area contributed by atoms with Gasteiger partial charge in [0.05, 0.1) is 12.7 Å². The molecule has 1 N–H and O–H groups in total. The van der Waals surface area contributed by atoms with Crippen LogP contribution in [0.3, 0.4) is 0 Å². The number of carbonyl (C=O) groups is 2. The molecule has 118 valence electrons. The highest BCUT2D eigenvalue weighted by Crippen LogP contribution is 2.27. The van der Waals surface area contributed by atoms with Gasteiger partial charge >= 0.3 is 0 Å². The van der Waals surface area contributed by atoms with Gasteiger partial charge in [0, 0.05) is 30.2 Å². The Hall–Kier alpha value is -2.30. The van der Waals surface area contributed by atoms with E-state index >= 15 is 0 Å². The number of aryl methyl sites for hydroxylation is 1. The van der Waals surface area contributed by atoms with Crippen LogP contribution >= 0.6 is 0 Å². The number of benzene rings is 1. The Balaban J connectivity index is 2.44. The number of carbonyl (C=O) groups excluding carboxylic acids is 2. The molecule has 0 saturated heterocycles. The highest BCUT2D eigenvalue weighted by atomic mass is 16.5. The Bertz CT molecular complexity index is 703. The molecule has 0 radical (unpaired) electrons. The molecule has 1 heterocycles. The van der Waals surface area contributed by atoms with Crippen LogP contribution in [0.5, 0.6) is 5.75 Å². The number of H-pyrrole nitrogens is 1. The van der Waals surface area contributed by atoms with Crippen LogP contribution in [0.4, 0.5) is 0 Å². The van der Waals surface area contributed by atoms with E-state index in [2.05, 4.69) is 4.98 Å². The summed E-state index contributed by atoms with van der Waals surface area (Å²) in [7, 11) is 1.58. The van der Waals surface area contributed by atoms with Crippen molar-refractivity contribution in [3.8, 4) is 5.75 Å². The highest BCUT2D eigenvalue weighted by Gasteiger charge is 2.24. The minimum atomic E-state index is -0.478. The van der Waals surface area contributed by atoms with Gasteiger partial charge in [-0.2, -0.15) is 0 Å². The third-order valence-electron chi connectivity index (χ3n) is 3.80. The molecule has 0 aliphatic carbocycles. The number of hydrogen-bond acceptors (Lipinski definition) is 3. The van der Waals surface area contributed by atoms with Crippen LogP contribution in [0.25, 0.3) is 10.9 Å². The number of rotatable bonds is 6. The standard InChI is InChI=1S/C17H22N2O3/c1-5-7-19(6-2)17(21)16(20)14-10-18-15-11(3)8-12(22-4)9-13(14)15/h8-10,18H,5-7H2,1-4H3. The molecule has 2 aromatic rings. The van der Waals surface area contributed by atoms with Gasteiger partial charge < -0.3 is 14.6 Å². The molecule has 5 nitrogen and oxygen atoms in total. The molecule has 1 aromatic heterocycles. The van der Waals surface area contributed by atoms with Crippen LogP contribution in [0.1, 0.15) is 36.2 Å². The Morgan fingerprint density at radius 3 is 2.59 bits per heavy atom. The number of fused-ring (bicyclic) bond motifs is 1. The van der Waals surface area contributed by atoms with Crippen molar-refractivity contribution in [1.29, 1.82) is 0 Å². The summed E-state index contributed by atoms with van der Waals surface area (Å²) >= 11 is 0. The number of ether oxygens (including phenoxy) is 1. The van der Waals surface area contributed by atoms with Gasteiger partial charge in [-0.3, -0.25) is 9.59 Å². The van der Waals surface area contributed by atoms with Gasteiger partial charge in [0.2, 0.25) is 0 Å². The lowest BCUT2D eigenvalue weighted by atomic mass is 10.1. The van der Waals surface area contributed by atoms with Crippen LogP contribution in [-0.2, 0) is 4.79 Å². The Morgan fingerprint density at radius 1 is 1.27 bits per heavy atom. The zero-order chi connectivity index (χ0) is 16.3. The van der Waals surface area contributed by atoms with E-state index in [0.29, 0.717) is 24.4 Å². The summed E-state index contributed by atoms with van der Waals surface area (Å²) in [6, 6.07) is 3.68. The maximum atomic E-state index is 12.6. The molecule has 0 saturated carbocycles. The minimum absolute atomic E-state index is 0.400. The zero-order valence-electron chi connectivity index (χ0n) is 13.5. The summed E-state index contributed by atoms with van der Waals surface area (Å²) in [5.74, 6) is -0.257. The van der Waals surface area contributed by atoms with Crippen LogP contribution in [-0.4, -0.2) is 41.8 Å². The molecule has 1 amide bonds. The van der Waals surface area contributed by atoms with Gasteiger partial charge in [0.25, 0.3) is 11.7 Å². The van der Waals surface area contributed by atoms with Crippen molar-refractivity contribution in [2.45, 2.75) is 27.2 Å². The summed E-state index contributed by atoms with van der Waals surface area (Å²) in [6.45, 7) is 6.92. The first-order valence-electron chi connectivity index (χ1n) is 7.52. The highest BCUT2D eigenvalue weighted by molar-refractivity contribution is 6.44. The summed E-state index contributed by atoms with van der Waals surface area (Å²) in [6.07, 6.45) is 2.44. The number of ketones is 1. The summed E-state index contributed by atoms with van der Waals surface area (Å²) in [4.78, 5) is 29.6. The van der Waals surface area contributed by atoms with Crippen molar-refractivity contribution < 1.29 is 14.3 Å². The van der Waals surface area contributed by atoms with Gasteiger partial charge in [-0.05, 0) is 38.0 Å². The predicted molar refractivity (Wildman–Crippen MR) is 86.5 cm³/mol. The summed E-state index contributed by atoms with van der Waals surface area (Å²) in [5, 5.41) is 0.725. The fraction of sp³-hybridized carbons (Fsp3) is 0.412. The first kappa shape index (κ1) is 16.1. The van der Waals surface area contributed by atoms with Crippen molar-refractivity contribution in [3.05, 3.63) is 29.5 Å². The first-order chi connectivity index (χ1) is 10.5. The SMILES string of the molecule is CCCN(CC)C(=O)C(=O)c1c[nH]c2c(C)cc(OC)cc12. The average Bonchev–Trinajstić information content (AvgIpc) is 2.95. The molecule has 0 aliphatic heterocycles. The van der Waals surface area contributed by atoms with Gasteiger partial charge in [0.15, 0.2) is 0 Å². The molecule has 0 aliphatic rings. The normalized spacial score (nSPS) is 10.7. The molecular weight excluding hydrogens is 280 g/mol. The van der Waals surface area contributed by atoms with E-state index in [1.807, 2.05) is 26.8 Å². The van der Waals surface area contributed by atoms with Crippen molar-refractivity contribution in [3.63, 3.8) is 0 Å². The number of nitrogens with zero attached hydrogens (tertiary/aromatic N) is 1. The molecule has 2 rings (SSSR count). The second kappa shape index (κ2) is 6.64. The molecule has 0 unspecified atom stereocenters. The lowest BCUT2D eigenvalue weighted by molar-refractivity contribution is -0.126. The Kier molecular flexibility index (Phi) is 4.85. The Labute approximate surface area is 130 Å². The number of amides is 1. The topological polar surface area (TPSA) is 62.4 Å². The smallest absolute Gasteiger partial charge is 0.295 e. The van der Waals surface area contributed by atoms with Gasteiger partial charge in [-0.25, -0.2) is 0 Å². The number of aromatic amines is 1. The number of methoxy groups -OCH3 is 1. The maximum absolute atomic E-state index is 12.6. The summed E-state index contributed by atoms with van der Waals surface area (Å²) in [5.41, 5.74) is 2.23. The molecule has 0 spiro atoms. The van der Waals surface area contributed by atoms with Crippen LogP contribution in [0.15, 0.2) is 18.3 Å². The molecular formula is C17H22N2O3. The number of nitrogens with one attached hydrogen (secondary N) is 1. The quantitative estimate of drug-likeness (QED) is 0.659.